The predicted octanol–water partition coefficient (Wildman–Crippen LogP) is 1.05. The van der Waals surface area contributed by atoms with Crippen molar-refractivity contribution in [3.05, 3.63) is 24.3 Å². The zero-order valence-corrected chi connectivity index (χ0v) is 10.3. The van der Waals surface area contributed by atoms with Gasteiger partial charge in [0.15, 0.2) is 0 Å². The second kappa shape index (κ2) is 3.78. The molecule has 0 saturated carbocycles. The first-order valence-corrected chi connectivity index (χ1v) is 6.67. The predicted molar refractivity (Wildman–Crippen MR) is 63.3 cm³/mol. The van der Waals surface area contributed by atoms with Crippen LogP contribution in [0, 0.1) is 0 Å². The summed E-state index contributed by atoms with van der Waals surface area (Å²) < 4.78 is 30.7. The molecule has 1 N–H and O–H groups in total. The van der Waals surface area contributed by atoms with Crippen molar-refractivity contribution in [2.45, 2.75) is 19.4 Å². The monoisotopic (exact) mass is 255 g/mol. The molecule has 17 heavy (non-hydrogen) atoms. The number of hydrogen-bond donors (Lipinski definition) is 1. The second-order valence-electron chi connectivity index (χ2n) is 4.52. The molecule has 0 aliphatic carbocycles. The van der Waals surface area contributed by atoms with E-state index in [9.17, 15) is 8.42 Å². The number of nitrogens with zero attached hydrogens (tertiary/aromatic N) is 3. The van der Waals surface area contributed by atoms with E-state index in [0.29, 0.717) is 11.0 Å². The van der Waals surface area contributed by atoms with E-state index >= 15 is 0 Å². The standard InChI is InChI=1S/C10H13N3O3S/c1-10(2,7-17(14,15)16)13-11-8-5-3-4-6-9(8)12-13/h3-6H,7H2,1-2H3,(H,14,15,16). The molecular weight excluding hydrogens is 242 g/mol. The van der Waals surface area contributed by atoms with Crippen LogP contribution in [0.5, 0.6) is 0 Å². The zero-order chi connectivity index (χ0) is 12.7. The van der Waals surface area contributed by atoms with E-state index in [2.05, 4.69) is 10.2 Å². The Hall–Kier alpha value is -1.47. The maximum Gasteiger partial charge on any atom is 0.267 e. The number of benzene rings is 1. The van der Waals surface area contributed by atoms with E-state index in [1.165, 1.54) is 4.80 Å². The summed E-state index contributed by atoms with van der Waals surface area (Å²) in [6.45, 7) is 3.30. The molecule has 92 valence electrons. The van der Waals surface area contributed by atoms with Crippen molar-refractivity contribution in [3.8, 4) is 0 Å². The van der Waals surface area contributed by atoms with E-state index < -0.39 is 21.4 Å². The third-order valence-electron chi connectivity index (χ3n) is 2.36. The van der Waals surface area contributed by atoms with Gasteiger partial charge in [-0.3, -0.25) is 4.55 Å². The SMILES string of the molecule is CC(C)(CS(=O)(=O)O)n1nc2ccccc2n1. The van der Waals surface area contributed by atoms with Crippen LogP contribution in [0.15, 0.2) is 24.3 Å². The third kappa shape index (κ3) is 2.62. The molecule has 0 spiro atoms. The summed E-state index contributed by atoms with van der Waals surface area (Å²) in [5.74, 6) is -0.430. The van der Waals surface area contributed by atoms with Crippen molar-refractivity contribution in [2.75, 3.05) is 5.75 Å². The first kappa shape index (κ1) is 12.0. The van der Waals surface area contributed by atoms with Crippen LogP contribution >= 0.6 is 0 Å². The van der Waals surface area contributed by atoms with Crippen LogP contribution in [0.2, 0.25) is 0 Å². The Bertz CT molecular complexity index is 613. The summed E-state index contributed by atoms with van der Waals surface area (Å²) in [5.41, 5.74) is 0.485. The zero-order valence-electron chi connectivity index (χ0n) is 9.53. The van der Waals surface area contributed by atoms with Crippen LogP contribution in [0.1, 0.15) is 13.8 Å². The van der Waals surface area contributed by atoms with Crippen molar-refractivity contribution in [1.82, 2.24) is 15.0 Å². The minimum atomic E-state index is -4.07. The molecule has 0 bridgehead atoms. The van der Waals surface area contributed by atoms with Crippen molar-refractivity contribution in [1.29, 1.82) is 0 Å². The average molecular weight is 255 g/mol. The van der Waals surface area contributed by atoms with E-state index in [1.807, 2.05) is 12.1 Å². The fourth-order valence-electron chi connectivity index (χ4n) is 1.63. The molecule has 0 amide bonds. The Kier molecular flexibility index (Phi) is 2.67. The molecule has 1 aromatic carbocycles. The van der Waals surface area contributed by atoms with Gasteiger partial charge in [0.05, 0.1) is 5.54 Å². The van der Waals surface area contributed by atoms with Gasteiger partial charge < -0.3 is 0 Å². The molecule has 1 aromatic heterocycles. The third-order valence-corrected chi connectivity index (χ3v) is 3.43. The summed E-state index contributed by atoms with van der Waals surface area (Å²) in [6, 6.07) is 7.25. The highest BCUT2D eigenvalue weighted by molar-refractivity contribution is 7.85. The fourth-order valence-corrected chi connectivity index (χ4v) is 2.64. The largest absolute Gasteiger partial charge is 0.285 e. The van der Waals surface area contributed by atoms with Gasteiger partial charge in [0.2, 0.25) is 0 Å². The van der Waals surface area contributed by atoms with Crippen LogP contribution in [-0.4, -0.2) is 33.7 Å². The molecule has 2 aromatic rings. The van der Waals surface area contributed by atoms with Gasteiger partial charge in [-0.05, 0) is 26.0 Å². The minimum Gasteiger partial charge on any atom is -0.285 e. The number of rotatable bonds is 3. The van der Waals surface area contributed by atoms with E-state index in [4.69, 9.17) is 4.55 Å². The first-order valence-electron chi connectivity index (χ1n) is 5.06. The molecule has 6 nitrogen and oxygen atoms in total. The van der Waals surface area contributed by atoms with Crippen LogP contribution < -0.4 is 0 Å². The van der Waals surface area contributed by atoms with Gasteiger partial charge in [0.1, 0.15) is 16.8 Å². The highest BCUT2D eigenvalue weighted by Gasteiger charge is 2.29. The Morgan fingerprint density at radius 2 is 1.71 bits per heavy atom. The van der Waals surface area contributed by atoms with E-state index in [1.54, 1.807) is 26.0 Å². The van der Waals surface area contributed by atoms with Gasteiger partial charge in [-0.25, -0.2) is 0 Å². The molecule has 0 aliphatic heterocycles. The smallest absolute Gasteiger partial charge is 0.267 e. The first-order chi connectivity index (χ1) is 7.78. The number of fused-ring (bicyclic) bond motifs is 1. The van der Waals surface area contributed by atoms with Crippen molar-refractivity contribution in [3.63, 3.8) is 0 Å². The number of aromatic nitrogens is 3. The van der Waals surface area contributed by atoms with Crippen LogP contribution in [0.25, 0.3) is 11.0 Å². The number of hydrogen-bond acceptors (Lipinski definition) is 4. The molecule has 2 rings (SSSR count). The summed E-state index contributed by atoms with van der Waals surface area (Å²) in [6.07, 6.45) is 0. The van der Waals surface area contributed by atoms with Gasteiger partial charge in [-0.2, -0.15) is 23.4 Å². The molecule has 1 heterocycles. The molecule has 0 fully saturated rings. The summed E-state index contributed by atoms with van der Waals surface area (Å²) in [4.78, 5) is 1.32. The summed E-state index contributed by atoms with van der Waals surface area (Å²) in [5, 5.41) is 8.40. The van der Waals surface area contributed by atoms with Gasteiger partial charge in [0, 0.05) is 0 Å². The van der Waals surface area contributed by atoms with Crippen molar-refractivity contribution < 1.29 is 13.0 Å². The normalized spacial score (nSPS) is 13.1. The molecule has 0 saturated heterocycles. The minimum absolute atomic E-state index is 0.430. The average Bonchev–Trinajstić information content (AvgIpc) is 2.57. The molecule has 0 radical (unpaired) electrons. The van der Waals surface area contributed by atoms with Crippen LogP contribution in [-0.2, 0) is 15.7 Å². The Labute approximate surface area is 99.0 Å². The maximum absolute atomic E-state index is 10.9. The maximum atomic E-state index is 10.9. The lowest BCUT2D eigenvalue weighted by Gasteiger charge is -2.21. The highest BCUT2D eigenvalue weighted by Crippen LogP contribution is 2.18. The van der Waals surface area contributed by atoms with Gasteiger partial charge in [0.25, 0.3) is 10.1 Å². The summed E-state index contributed by atoms with van der Waals surface area (Å²) in [7, 11) is -4.07. The highest BCUT2D eigenvalue weighted by atomic mass is 32.2. The molecular formula is C10H13N3O3S. The Balaban J connectivity index is 2.45. The molecule has 7 heteroatoms. The van der Waals surface area contributed by atoms with Gasteiger partial charge in [-0.15, -0.1) is 0 Å². The Morgan fingerprint density at radius 1 is 1.24 bits per heavy atom. The van der Waals surface area contributed by atoms with Gasteiger partial charge in [-0.1, -0.05) is 12.1 Å². The second-order valence-corrected chi connectivity index (χ2v) is 5.97. The van der Waals surface area contributed by atoms with Crippen LogP contribution in [0.3, 0.4) is 0 Å². The van der Waals surface area contributed by atoms with Crippen LogP contribution in [0.4, 0.5) is 0 Å². The lowest BCUT2D eigenvalue weighted by Crippen LogP contribution is -2.36. The van der Waals surface area contributed by atoms with Crippen molar-refractivity contribution in [2.24, 2.45) is 0 Å². The molecule has 0 unspecified atom stereocenters. The van der Waals surface area contributed by atoms with E-state index in [0.717, 1.165) is 0 Å². The van der Waals surface area contributed by atoms with Crippen molar-refractivity contribution >= 4 is 21.2 Å². The topological polar surface area (TPSA) is 85.1 Å². The Morgan fingerprint density at radius 3 is 2.12 bits per heavy atom. The molecule has 0 aliphatic rings. The quantitative estimate of drug-likeness (QED) is 0.829. The summed E-state index contributed by atoms with van der Waals surface area (Å²) >= 11 is 0. The lowest BCUT2D eigenvalue weighted by atomic mass is 10.1. The lowest BCUT2D eigenvalue weighted by molar-refractivity contribution is 0.309. The van der Waals surface area contributed by atoms with Gasteiger partial charge >= 0.3 is 0 Å². The fraction of sp³-hybridized carbons (Fsp3) is 0.400. The van der Waals surface area contributed by atoms with E-state index in [-0.39, 0.29) is 0 Å². The molecule has 0 atom stereocenters.